The van der Waals surface area contributed by atoms with Crippen molar-refractivity contribution < 1.29 is 4.39 Å². The van der Waals surface area contributed by atoms with Crippen molar-refractivity contribution in [1.82, 2.24) is 9.97 Å². The molecule has 0 atom stereocenters. The maximum Gasteiger partial charge on any atom is 0.138 e. The van der Waals surface area contributed by atoms with Gasteiger partial charge in [-0.05, 0) is 30.3 Å². The molecule has 0 amide bonds. The fourth-order valence-electron chi connectivity index (χ4n) is 1.95. The molecule has 0 radical (unpaired) electrons. The topological polar surface area (TPSA) is 52.5 Å². The normalized spacial score (nSPS) is 10.6. The molecule has 1 N–H and O–H groups in total. The number of nitrogens with zero attached hydrogens (tertiary/aromatic N) is 2. The predicted molar refractivity (Wildman–Crippen MR) is 73.9 cm³/mol. The lowest BCUT2D eigenvalue weighted by molar-refractivity contribution is 0.627. The molecule has 0 fully saturated rings. The van der Waals surface area contributed by atoms with Crippen LogP contribution in [-0.2, 0) is 0 Å². The van der Waals surface area contributed by atoms with Crippen molar-refractivity contribution in [2.24, 2.45) is 0 Å². The summed E-state index contributed by atoms with van der Waals surface area (Å²) >= 11 is 3.25. The second-order valence-electron chi connectivity index (χ2n) is 4.06. The lowest BCUT2D eigenvalue weighted by Gasteiger charge is -1.98. The molecule has 3 nitrogen and oxygen atoms in total. The fourth-order valence-corrected chi connectivity index (χ4v) is 2.41. The SMILES string of the molecule is N#Cc1cccc2[nH]c(-c3cc(F)cc(Br)c3)nc12. The smallest absolute Gasteiger partial charge is 0.138 e. The molecule has 5 heteroatoms. The number of nitrogens with one attached hydrogen (secondary N) is 1. The summed E-state index contributed by atoms with van der Waals surface area (Å²) in [6.07, 6.45) is 0. The van der Waals surface area contributed by atoms with Crippen LogP contribution in [0.25, 0.3) is 22.4 Å². The number of hydrogen-bond donors (Lipinski definition) is 1. The van der Waals surface area contributed by atoms with Crippen molar-refractivity contribution in [2.75, 3.05) is 0 Å². The van der Waals surface area contributed by atoms with Crippen LogP contribution in [0.1, 0.15) is 5.56 Å². The van der Waals surface area contributed by atoms with Gasteiger partial charge in [0.15, 0.2) is 0 Å². The average Bonchev–Trinajstić information content (AvgIpc) is 2.81. The van der Waals surface area contributed by atoms with E-state index in [-0.39, 0.29) is 5.82 Å². The summed E-state index contributed by atoms with van der Waals surface area (Å²) in [6, 6.07) is 12.0. The van der Waals surface area contributed by atoms with E-state index >= 15 is 0 Å². The first-order valence-corrected chi connectivity index (χ1v) is 6.32. The standard InChI is InChI=1S/C14H7BrFN3/c15-10-4-9(5-11(16)6-10)14-18-12-3-1-2-8(7-17)13(12)19-14/h1-6H,(H,18,19). The molecule has 2 aromatic carbocycles. The number of rotatable bonds is 1. The zero-order valence-corrected chi connectivity index (χ0v) is 11.2. The Labute approximate surface area is 116 Å². The van der Waals surface area contributed by atoms with Gasteiger partial charge in [0, 0.05) is 10.0 Å². The molecule has 0 aliphatic rings. The highest BCUT2D eigenvalue weighted by atomic mass is 79.9. The predicted octanol–water partition coefficient (Wildman–Crippen LogP) is 4.00. The summed E-state index contributed by atoms with van der Waals surface area (Å²) in [6.45, 7) is 0. The monoisotopic (exact) mass is 315 g/mol. The van der Waals surface area contributed by atoms with E-state index in [2.05, 4.69) is 32.0 Å². The number of hydrogen-bond acceptors (Lipinski definition) is 2. The summed E-state index contributed by atoms with van der Waals surface area (Å²) < 4.78 is 14.0. The van der Waals surface area contributed by atoms with Gasteiger partial charge in [-0.1, -0.05) is 22.0 Å². The second-order valence-corrected chi connectivity index (χ2v) is 4.97. The summed E-state index contributed by atoms with van der Waals surface area (Å²) in [5.74, 6) is 0.197. The van der Waals surface area contributed by atoms with Crippen LogP contribution in [0.15, 0.2) is 40.9 Å². The van der Waals surface area contributed by atoms with E-state index < -0.39 is 0 Å². The maximum atomic E-state index is 13.4. The minimum atomic E-state index is -0.342. The van der Waals surface area contributed by atoms with Crippen molar-refractivity contribution in [3.05, 3.63) is 52.3 Å². The third-order valence-electron chi connectivity index (χ3n) is 2.77. The van der Waals surface area contributed by atoms with Gasteiger partial charge in [0.05, 0.1) is 11.1 Å². The molecule has 0 aliphatic heterocycles. The van der Waals surface area contributed by atoms with Crippen LogP contribution in [0.3, 0.4) is 0 Å². The van der Waals surface area contributed by atoms with Crippen LogP contribution < -0.4 is 0 Å². The highest BCUT2D eigenvalue weighted by Gasteiger charge is 2.10. The Kier molecular flexibility index (Phi) is 2.80. The van der Waals surface area contributed by atoms with Crippen LogP contribution in [0, 0.1) is 17.1 Å². The van der Waals surface area contributed by atoms with E-state index in [1.165, 1.54) is 12.1 Å². The molecular weight excluding hydrogens is 309 g/mol. The van der Waals surface area contributed by atoms with Gasteiger partial charge in [-0.25, -0.2) is 9.37 Å². The number of halogens is 2. The summed E-state index contributed by atoms with van der Waals surface area (Å²) in [5, 5.41) is 9.03. The molecule has 1 aromatic heterocycles. The van der Waals surface area contributed by atoms with Crippen LogP contribution in [-0.4, -0.2) is 9.97 Å². The first-order chi connectivity index (χ1) is 9.17. The number of imidazole rings is 1. The Morgan fingerprint density at radius 2 is 2.11 bits per heavy atom. The molecule has 0 unspecified atom stereocenters. The van der Waals surface area contributed by atoms with Gasteiger partial charge >= 0.3 is 0 Å². The third-order valence-corrected chi connectivity index (χ3v) is 3.23. The highest BCUT2D eigenvalue weighted by Crippen LogP contribution is 2.25. The average molecular weight is 316 g/mol. The zero-order valence-electron chi connectivity index (χ0n) is 9.61. The van der Waals surface area contributed by atoms with E-state index in [0.717, 1.165) is 5.52 Å². The van der Waals surface area contributed by atoms with E-state index in [1.807, 2.05) is 6.07 Å². The van der Waals surface area contributed by atoms with Crippen molar-refractivity contribution >= 4 is 27.0 Å². The second kappa shape index (κ2) is 4.48. The molecule has 19 heavy (non-hydrogen) atoms. The minimum Gasteiger partial charge on any atom is -0.338 e. The number of benzene rings is 2. The Morgan fingerprint density at radius 3 is 2.84 bits per heavy atom. The van der Waals surface area contributed by atoms with Crippen molar-refractivity contribution in [2.45, 2.75) is 0 Å². The minimum absolute atomic E-state index is 0.342. The quantitative estimate of drug-likeness (QED) is 0.737. The van der Waals surface area contributed by atoms with Crippen LogP contribution in [0.5, 0.6) is 0 Å². The molecule has 0 aliphatic carbocycles. The Morgan fingerprint density at radius 1 is 1.26 bits per heavy atom. The molecule has 0 spiro atoms. The Bertz CT molecular complexity index is 797. The lowest BCUT2D eigenvalue weighted by atomic mass is 10.2. The van der Waals surface area contributed by atoms with Crippen LogP contribution in [0.4, 0.5) is 4.39 Å². The number of H-pyrrole nitrogens is 1. The summed E-state index contributed by atoms with van der Waals surface area (Å²) in [4.78, 5) is 7.46. The molecule has 92 valence electrons. The van der Waals surface area contributed by atoms with E-state index in [4.69, 9.17) is 5.26 Å². The van der Waals surface area contributed by atoms with Crippen molar-refractivity contribution in [3.8, 4) is 17.5 Å². The van der Waals surface area contributed by atoms with E-state index in [0.29, 0.717) is 26.9 Å². The van der Waals surface area contributed by atoms with Gasteiger partial charge in [0.1, 0.15) is 23.2 Å². The molecule has 0 bridgehead atoms. The fraction of sp³-hybridized carbons (Fsp3) is 0. The lowest BCUT2D eigenvalue weighted by Crippen LogP contribution is -1.83. The highest BCUT2D eigenvalue weighted by molar-refractivity contribution is 9.10. The largest absolute Gasteiger partial charge is 0.338 e. The molecule has 1 heterocycles. The van der Waals surface area contributed by atoms with E-state index in [9.17, 15) is 4.39 Å². The first-order valence-electron chi connectivity index (χ1n) is 5.52. The van der Waals surface area contributed by atoms with Gasteiger partial charge < -0.3 is 4.98 Å². The molecule has 0 saturated heterocycles. The van der Waals surface area contributed by atoms with Gasteiger partial charge in [0.2, 0.25) is 0 Å². The third kappa shape index (κ3) is 2.11. The molecule has 3 rings (SSSR count). The number of para-hydroxylation sites is 1. The van der Waals surface area contributed by atoms with Gasteiger partial charge in [-0.3, -0.25) is 0 Å². The van der Waals surface area contributed by atoms with Crippen LogP contribution >= 0.6 is 15.9 Å². The van der Waals surface area contributed by atoms with E-state index in [1.54, 1.807) is 18.2 Å². The van der Waals surface area contributed by atoms with Crippen molar-refractivity contribution in [1.29, 1.82) is 5.26 Å². The molecule has 0 saturated carbocycles. The molecular formula is C14H7BrFN3. The van der Waals surface area contributed by atoms with Crippen molar-refractivity contribution in [3.63, 3.8) is 0 Å². The van der Waals surface area contributed by atoms with Crippen LogP contribution in [0.2, 0.25) is 0 Å². The number of nitriles is 1. The Hall–Kier alpha value is -2.19. The Balaban J connectivity index is 2.24. The summed E-state index contributed by atoms with van der Waals surface area (Å²) in [7, 11) is 0. The maximum absolute atomic E-state index is 13.4. The summed E-state index contributed by atoms with van der Waals surface area (Å²) in [5.41, 5.74) is 2.48. The van der Waals surface area contributed by atoms with Gasteiger partial charge in [0.25, 0.3) is 0 Å². The number of aromatic amines is 1. The first kappa shape index (κ1) is 11.9. The van der Waals surface area contributed by atoms with Gasteiger partial charge in [-0.2, -0.15) is 5.26 Å². The number of fused-ring (bicyclic) bond motifs is 1. The van der Waals surface area contributed by atoms with Gasteiger partial charge in [-0.15, -0.1) is 0 Å². The number of aromatic nitrogens is 2. The molecule has 3 aromatic rings. The zero-order chi connectivity index (χ0) is 13.4.